The van der Waals surface area contributed by atoms with E-state index in [1.54, 1.807) is 0 Å². The van der Waals surface area contributed by atoms with Crippen molar-refractivity contribution in [1.82, 2.24) is 5.32 Å². The molecule has 0 fully saturated rings. The highest BCUT2D eigenvalue weighted by Crippen LogP contribution is 2.38. The van der Waals surface area contributed by atoms with E-state index in [0.717, 1.165) is 44.8 Å². The first-order valence-corrected chi connectivity index (χ1v) is 16.0. The summed E-state index contributed by atoms with van der Waals surface area (Å²) in [6.45, 7) is 0. The van der Waals surface area contributed by atoms with E-state index in [1.807, 2.05) is 72.8 Å². The minimum atomic E-state index is -0.283. The molecule has 0 spiro atoms. The Morgan fingerprint density at radius 3 is 1.62 bits per heavy atom. The van der Waals surface area contributed by atoms with Gasteiger partial charge < -0.3 is 5.32 Å². The van der Waals surface area contributed by atoms with Crippen LogP contribution in [0.15, 0.2) is 180 Å². The maximum atomic E-state index is 9.61. The summed E-state index contributed by atoms with van der Waals surface area (Å²) in [5.41, 5.74) is 10.3. The number of nitrogens with zero attached hydrogens (tertiary/aromatic N) is 3. The number of hydrogen-bond donors (Lipinski definition) is 1. The summed E-state index contributed by atoms with van der Waals surface area (Å²) in [6.07, 6.45) is -0.283. The standard InChI is InChI=1S/C44H30N4/c45-29-37-15-7-8-18-38(37)30-21-23-31(24-22-30)39-19-9-16-33-17-10-20-40(41(33)39)32-25-27-36(28-26-32)44-47-42(34-11-3-1-4-12-34)46-43(48-44)35-13-5-2-6-14-35/h1-28,44H,(H,46,47,48). The Morgan fingerprint density at radius 2 is 1.00 bits per heavy atom. The van der Waals surface area contributed by atoms with Crippen molar-refractivity contribution in [3.05, 3.63) is 192 Å². The molecule has 7 aromatic rings. The van der Waals surface area contributed by atoms with Gasteiger partial charge in [0.1, 0.15) is 12.0 Å². The maximum absolute atomic E-state index is 9.61. The number of benzene rings is 7. The van der Waals surface area contributed by atoms with E-state index >= 15 is 0 Å². The van der Waals surface area contributed by atoms with Gasteiger partial charge in [0.15, 0.2) is 5.84 Å². The van der Waals surface area contributed by atoms with Gasteiger partial charge in [0.25, 0.3) is 0 Å². The molecule has 0 saturated heterocycles. The third kappa shape index (κ3) is 5.55. The normalized spacial score (nSPS) is 14.0. The lowest BCUT2D eigenvalue weighted by molar-refractivity contribution is 0.674. The van der Waals surface area contributed by atoms with Crippen LogP contribution >= 0.6 is 0 Å². The highest BCUT2D eigenvalue weighted by Gasteiger charge is 2.21. The van der Waals surface area contributed by atoms with Crippen LogP contribution in [0.3, 0.4) is 0 Å². The van der Waals surface area contributed by atoms with E-state index in [9.17, 15) is 5.26 Å². The monoisotopic (exact) mass is 614 g/mol. The second kappa shape index (κ2) is 12.7. The summed E-state index contributed by atoms with van der Waals surface area (Å²) < 4.78 is 0. The third-order valence-corrected chi connectivity index (χ3v) is 8.82. The summed E-state index contributed by atoms with van der Waals surface area (Å²) in [5, 5.41) is 15.6. The molecule has 0 radical (unpaired) electrons. The highest BCUT2D eigenvalue weighted by molar-refractivity contribution is 6.13. The van der Waals surface area contributed by atoms with E-state index in [0.29, 0.717) is 11.4 Å². The van der Waals surface area contributed by atoms with Gasteiger partial charge in [0.05, 0.1) is 11.6 Å². The van der Waals surface area contributed by atoms with Gasteiger partial charge in [-0.05, 0) is 55.8 Å². The van der Waals surface area contributed by atoms with E-state index in [1.165, 1.54) is 21.9 Å². The molecule has 1 aliphatic heterocycles. The Bertz CT molecular complexity index is 2340. The van der Waals surface area contributed by atoms with Crippen LogP contribution < -0.4 is 5.32 Å². The number of fused-ring (bicyclic) bond motifs is 1. The molecule has 0 saturated carbocycles. The Balaban J connectivity index is 1.15. The SMILES string of the molecule is N#Cc1ccccc1-c1ccc(-c2cccc3cccc(-c4ccc(C5N=C(c6ccccc6)N=C(c6ccccc6)N5)cc4)c23)cc1. The van der Waals surface area contributed by atoms with Crippen molar-refractivity contribution in [2.75, 3.05) is 0 Å². The summed E-state index contributed by atoms with van der Waals surface area (Å²) in [6, 6.07) is 60.6. The van der Waals surface area contributed by atoms with Gasteiger partial charge in [-0.3, -0.25) is 0 Å². The van der Waals surface area contributed by atoms with Gasteiger partial charge in [-0.25, -0.2) is 9.98 Å². The molecule has 0 aromatic heterocycles. The lowest BCUT2D eigenvalue weighted by atomic mass is 9.90. The predicted molar refractivity (Wildman–Crippen MR) is 197 cm³/mol. The second-order valence-electron chi connectivity index (χ2n) is 11.8. The molecular weight excluding hydrogens is 585 g/mol. The molecule has 8 rings (SSSR count). The molecule has 7 aromatic carbocycles. The molecule has 1 aliphatic rings. The third-order valence-electron chi connectivity index (χ3n) is 8.82. The molecule has 0 bridgehead atoms. The molecule has 1 unspecified atom stereocenters. The van der Waals surface area contributed by atoms with Crippen molar-refractivity contribution >= 4 is 22.4 Å². The summed E-state index contributed by atoms with van der Waals surface area (Å²) >= 11 is 0. The second-order valence-corrected chi connectivity index (χ2v) is 11.8. The highest BCUT2D eigenvalue weighted by atomic mass is 15.2. The molecule has 4 heteroatoms. The zero-order chi connectivity index (χ0) is 32.3. The molecular formula is C44H30N4. The Labute approximate surface area is 280 Å². The van der Waals surface area contributed by atoms with Crippen molar-refractivity contribution in [3.8, 4) is 39.4 Å². The van der Waals surface area contributed by atoms with E-state index in [-0.39, 0.29) is 6.17 Å². The van der Waals surface area contributed by atoms with Crippen molar-refractivity contribution in [3.63, 3.8) is 0 Å². The van der Waals surface area contributed by atoms with Gasteiger partial charge in [0, 0.05) is 11.1 Å². The Hall–Kier alpha value is -6.57. The average Bonchev–Trinajstić information content (AvgIpc) is 3.18. The fourth-order valence-electron chi connectivity index (χ4n) is 6.41. The lowest BCUT2D eigenvalue weighted by Crippen LogP contribution is -2.33. The van der Waals surface area contributed by atoms with Crippen LogP contribution in [0.25, 0.3) is 44.2 Å². The molecule has 0 aliphatic carbocycles. The first kappa shape index (κ1) is 28.9. The zero-order valence-electron chi connectivity index (χ0n) is 26.1. The topological polar surface area (TPSA) is 60.5 Å². The minimum Gasteiger partial charge on any atom is -0.344 e. The number of rotatable bonds is 6. The van der Waals surface area contributed by atoms with Crippen LogP contribution in [-0.2, 0) is 0 Å². The molecule has 1 atom stereocenters. The van der Waals surface area contributed by atoms with Gasteiger partial charge in [-0.15, -0.1) is 0 Å². The van der Waals surface area contributed by atoms with Crippen LogP contribution in [-0.4, -0.2) is 11.7 Å². The van der Waals surface area contributed by atoms with Crippen LogP contribution in [0.4, 0.5) is 0 Å². The lowest BCUT2D eigenvalue weighted by Gasteiger charge is -2.24. The average molecular weight is 615 g/mol. The minimum absolute atomic E-state index is 0.283. The Kier molecular flexibility index (Phi) is 7.62. The summed E-state index contributed by atoms with van der Waals surface area (Å²) in [7, 11) is 0. The number of aliphatic imine (C=N–C) groups is 2. The largest absolute Gasteiger partial charge is 0.344 e. The van der Waals surface area contributed by atoms with Crippen molar-refractivity contribution in [1.29, 1.82) is 5.26 Å². The summed E-state index contributed by atoms with van der Waals surface area (Å²) in [5.74, 6) is 1.52. The van der Waals surface area contributed by atoms with E-state index in [2.05, 4.69) is 108 Å². The van der Waals surface area contributed by atoms with Gasteiger partial charge in [0.2, 0.25) is 0 Å². The molecule has 48 heavy (non-hydrogen) atoms. The van der Waals surface area contributed by atoms with Gasteiger partial charge >= 0.3 is 0 Å². The number of amidine groups is 2. The molecule has 1 N–H and O–H groups in total. The molecule has 226 valence electrons. The van der Waals surface area contributed by atoms with E-state index < -0.39 is 0 Å². The smallest absolute Gasteiger partial charge is 0.159 e. The predicted octanol–water partition coefficient (Wildman–Crippen LogP) is 10.2. The van der Waals surface area contributed by atoms with Gasteiger partial charge in [-0.1, -0.05) is 164 Å². The Morgan fingerprint density at radius 1 is 0.479 bits per heavy atom. The first-order chi connectivity index (χ1) is 23.7. The first-order valence-electron chi connectivity index (χ1n) is 16.0. The number of hydrogen-bond acceptors (Lipinski definition) is 4. The van der Waals surface area contributed by atoms with Crippen LogP contribution in [0, 0.1) is 11.3 Å². The van der Waals surface area contributed by atoms with Crippen molar-refractivity contribution in [2.24, 2.45) is 9.98 Å². The molecule has 0 amide bonds. The number of nitriles is 1. The van der Waals surface area contributed by atoms with Gasteiger partial charge in [-0.2, -0.15) is 5.26 Å². The van der Waals surface area contributed by atoms with Crippen LogP contribution in [0.1, 0.15) is 28.4 Å². The zero-order valence-corrected chi connectivity index (χ0v) is 26.1. The quantitative estimate of drug-likeness (QED) is 0.203. The fourth-order valence-corrected chi connectivity index (χ4v) is 6.41. The van der Waals surface area contributed by atoms with Crippen LogP contribution in [0.2, 0.25) is 0 Å². The van der Waals surface area contributed by atoms with Crippen LogP contribution in [0.5, 0.6) is 0 Å². The maximum Gasteiger partial charge on any atom is 0.159 e. The molecule has 4 nitrogen and oxygen atoms in total. The van der Waals surface area contributed by atoms with Crippen molar-refractivity contribution in [2.45, 2.75) is 6.17 Å². The van der Waals surface area contributed by atoms with E-state index in [4.69, 9.17) is 9.98 Å². The number of nitrogens with one attached hydrogen (secondary N) is 1. The van der Waals surface area contributed by atoms with Crippen molar-refractivity contribution < 1.29 is 0 Å². The summed E-state index contributed by atoms with van der Waals surface area (Å²) in [4.78, 5) is 9.95. The molecule has 1 heterocycles. The fraction of sp³-hybridized carbons (Fsp3) is 0.0227.